The number of carbonyl (C=O) groups excluding carboxylic acids is 1. The molecule has 2 aromatic rings. The highest BCUT2D eigenvalue weighted by Gasteiger charge is 2.64. The number of aliphatic hydroxyl groups excluding tert-OH is 2. The number of hydrogen-bond donors (Lipinski definition) is 5. The molecule has 1 saturated carbocycles. The average molecular weight is 750 g/mol. The molecule has 5 aliphatic rings. The molecule has 5 N–H and O–H groups in total. The zero-order valence-electron chi connectivity index (χ0n) is 31.2. The summed E-state index contributed by atoms with van der Waals surface area (Å²) in [4.78, 5) is 22.1. The van der Waals surface area contributed by atoms with Gasteiger partial charge in [0.1, 0.15) is 17.5 Å². The van der Waals surface area contributed by atoms with Gasteiger partial charge in [-0.25, -0.2) is 4.79 Å². The largest absolute Gasteiger partial charge is 0.508 e. The van der Waals surface area contributed by atoms with Crippen LogP contribution in [0.3, 0.4) is 0 Å². The number of aliphatic hydroxyl groups is 3. The number of carbonyl (C=O) groups is 1. The van der Waals surface area contributed by atoms with E-state index < -0.39 is 24.0 Å². The van der Waals surface area contributed by atoms with Crippen molar-refractivity contribution >= 4 is 11.7 Å². The molecule has 2 aliphatic carbocycles. The van der Waals surface area contributed by atoms with Gasteiger partial charge in [-0.05, 0) is 98.2 Å². The molecule has 54 heavy (non-hydrogen) atoms. The van der Waals surface area contributed by atoms with Crippen molar-refractivity contribution in [3.63, 3.8) is 0 Å². The monoisotopic (exact) mass is 749 g/mol. The fraction of sp³-hybridized carbons (Fsp3) is 0.610. The van der Waals surface area contributed by atoms with Crippen molar-refractivity contribution in [1.29, 1.82) is 0 Å². The number of phenols is 1. The van der Waals surface area contributed by atoms with E-state index in [4.69, 9.17) is 28.9 Å². The van der Waals surface area contributed by atoms with E-state index in [-0.39, 0.29) is 62.5 Å². The smallest absolute Gasteiger partial charge is 0.318 e. The van der Waals surface area contributed by atoms with Gasteiger partial charge < -0.3 is 54.4 Å². The van der Waals surface area contributed by atoms with E-state index in [1.54, 1.807) is 23.1 Å². The van der Waals surface area contributed by atoms with E-state index in [0.29, 0.717) is 61.8 Å². The van der Waals surface area contributed by atoms with Crippen LogP contribution in [0, 0.1) is 17.8 Å². The molecule has 3 aliphatic heterocycles. The van der Waals surface area contributed by atoms with Gasteiger partial charge in [-0.2, -0.15) is 0 Å². The number of unbranched alkanes of at least 4 members (excludes halogenated alkanes) is 2. The molecule has 0 bridgehead atoms. The highest BCUT2D eigenvalue weighted by molar-refractivity contribution is 6.03. The van der Waals surface area contributed by atoms with Crippen LogP contribution in [-0.4, -0.2) is 88.3 Å². The van der Waals surface area contributed by atoms with Crippen molar-refractivity contribution in [1.82, 2.24) is 10.2 Å². The van der Waals surface area contributed by atoms with Crippen molar-refractivity contribution < 1.29 is 49.0 Å². The zero-order chi connectivity index (χ0) is 37.7. The Labute approximate surface area is 316 Å². The summed E-state index contributed by atoms with van der Waals surface area (Å²) in [5.41, 5.74) is 3.08. The van der Waals surface area contributed by atoms with E-state index in [0.717, 1.165) is 55.2 Å². The molecule has 1 saturated heterocycles. The Kier molecular flexibility index (Phi) is 12.2. The summed E-state index contributed by atoms with van der Waals surface area (Å²) >= 11 is 0. The molecule has 7 unspecified atom stereocenters. The fourth-order valence-electron chi connectivity index (χ4n) is 9.17. The van der Waals surface area contributed by atoms with Gasteiger partial charge in [0.05, 0.1) is 18.2 Å². The number of fused-ring (bicyclic) bond motifs is 3. The molecule has 3 heterocycles. The van der Waals surface area contributed by atoms with Gasteiger partial charge in [-0.15, -0.1) is 0 Å². The minimum Gasteiger partial charge on any atom is -0.508 e. The predicted molar refractivity (Wildman–Crippen MR) is 199 cm³/mol. The lowest BCUT2D eigenvalue weighted by Gasteiger charge is -2.58. The van der Waals surface area contributed by atoms with Crippen LogP contribution in [0.2, 0.25) is 0 Å². The molecule has 0 spiro atoms. The molecule has 2 fully saturated rings. The van der Waals surface area contributed by atoms with Crippen LogP contribution in [0.4, 0.5) is 4.79 Å². The number of nitrogens with zero attached hydrogens (tertiary/aromatic N) is 2. The first kappa shape index (κ1) is 38.2. The van der Waals surface area contributed by atoms with Crippen LogP contribution >= 0.6 is 0 Å². The summed E-state index contributed by atoms with van der Waals surface area (Å²) < 4.78 is 23.6. The summed E-state index contributed by atoms with van der Waals surface area (Å²) in [6.07, 6.45) is 9.62. The quantitative estimate of drug-likeness (QED) is 0.113. The second-order valence-corrected chi connectivity index (χ2v) is 15.2. The molecule has 13 nitrogen and oxygen atoms in total. The summed E-state index contributed by atoms with van der Waals surface area (Å²) in [6.45, 7) is 3.49. The third-order valence-electron chi connectivity index (χ3n) is 11.7. The maximum absolute atomic E-state index is 14.4. The minimum atomic E-state index is -1.86. The van der Waals surface area contributed by atoms with Crippen LogP contribution in [0.5, 0.6) is 23.0 Å². The zero-order valence-corrected chi connectivity index (χ0v) is 31.2. The molecule has 0 radical (unpaired) electrons. The number of hydrogen-bond acceptors (Lipinski definition) is 11. The van der Waals surface area contributed by atoms with E-state index in [1.165, 1.54) is 0 Å². The van der Waals surface area contributed by atoms with Crippen LogP contribution in [-0.2, 0) is 16.1 Å². The van der Waals surface area contributed by atoms with Crippen molar-refractivity contribution in [3.05, 3.63) is 59.2 Å². The highest BCUT2D eigenvalue weighted by atomic mass is 16.8. The highest BCUT2D eigenvalue weighted by Crippen LogP contribution is 2.60. The van der Waals surface area contributed by atoms with Gasteiger partial charge in [-0.1, -0.05) is 37.1 Å². The number of oxime groups is 1. The Morgan fingerprint density at radius 1 is 1.02 bits per heavy atom. The molecule has 2 aromatic carbocycles. The number of phenolic OH excluding ortho intramolecular Hbond substituents is 1. The van der Waals surface area contributed by atoms with Gasteiger partial charge in [0.2, 0.25) is 18.9 Å². The van der Waals surface area contributed by atoms with Gasteiger partial charge in [0.25, 0.3) is 0 Å². The summed E-state index contributed by atoms with van der Waals surface area (Å²) in [6, 6.07) is 9.35. The SMILES string of the molecule is CCCN(C(=O)NCc1ccc2c(c1)OCO2)C1CC(=NOC2CCCCO2)C2=CC(CCCCO)C(CCCCO)C3c4cc(O)ccc4OC1(O)C23. The maximum atomic E-state index is 14.4. The Morgan fingerprint density at radius 2 is 1.81 bits per heavy atom. The van der Waals surface area contributed by atoms with Crippen molar-refractivity contribution in [3.8, 4) is 23.0 Å². The van der Waals surface area contributed by atoms with Gasteiger partial charge in [0.15, 0.2) is 11.5 Å². The van der Waals surface area contributed by atoms with Crippen LogP contribution < -0.4 is 19.5 Å². The third-order valence-corrected chi connectivity index (χ3v) is 11.7. The number of allylic oxidation sites excluding steroid dienone is 1. The normalized spacial score (nSPS) is 28.7. The van der Waals surface area contributed by atoms with Crippen LogP contribution in [0.25, 0.3) is 0 Å². The first-order chi connectivity index (χ1) is 26.3. The number of benzene rings is 2. The number of aromatic hydroxyl groups is 1. The number of amides is 2. The molecule has 2 amide bonds. The van der Waals surface area contributed by atoms with Crippen LogP contribution in [0.15, 0.2) is 53.2 Å². The molecule has 7 rings (SSSR count). The van der Waals surface area contributed by atoms with Crippen LogP contribution in [0.1, 0.15) is 94.6 Å². The fourth-order valence-corrected chi connectivity index (χ4v) is 9.17. The first-order valence-corrected chi connectivity index (χ1v) is 19.8. The number of rotatable bonds is 15. The lowest BCUT2D eigenvalue weighted by molar-refractivity contribution is -0.228. The molecule has 294 valence electrons. The van der Waals surface area contributed by atoms with Gasteiger partial charge >= 0.3 is 6.03 Å². The maximum Gasteiger partial charge on any atom is 0.318 e. The second kappa shape index (κ2) is 17.2. The summed E-state index contributed by atoms with van der Waals surface area (Å²) in [5.74, 6) is -0.936. The van der Waals surface area contributed by atoms with Gasteiger partial charge in [0, 0.05) is 50.6 Å². The number of urea groups is 1. The standard InChI is InChI=1S/C41H55N3O10/c1-2-16-44(40(48)42-24-26-12-14-34-35(20-26)52-25-51-34)36-23-32(43-54-37-11-5-8-19-50-37)30-21-27(9-3-6-17-45)29(10-4-7-18-46)38-31-22-28(47)13-15-33(31)53-41(36,49)39(30)38/h12-15,20-22,27,29,36-39,45-47,49H,2-11,16-19,23-25H2,1H3,(H,42,48). The van der Waals surface area contributed by atoms with E-state index in [1.807, 2.05) is 25.1 Å². The van der Waals surface area contributed by atoms with E-state index in [2.05, 4.69) is 11.4 Å². The number of ether oxygens (including phenoxy) is 4. The molecule has 0 aromatic heterocycles. The topological polar surface area (TPSA) is 172 Å². The molecular formula is C41H55N3O10. The average Bonchev–Trinajstić information content (AvgIpc) is 3.65. The summed E-state index contributed by atoms with van der Waals surface area (Å²) in [5, 5.41) is 51.4. The van der Waals surface area contributed by atoms with Crippen molar-refractivity contribution in [2.24, 2.45) is 22.9 Å². The Morgan fingerprint density at radius 3 is 2.59 bits per heavy atom. The van der Waals surface area contributed by atoms with Crippen molar-refractivity contribution in [2.45, 2.75) is 108 Å². The molecular weight excluding hydrogens is 694 g/mol. The second-order valence-electron chi connectivity index (χ2n) is 15.2. The number of nitrogens with one attached hydrogen (secondary N) is 1. The predicted octanol–water partition coefficient (Wildman–Crippen LogP) is 5.69. The lowest BCUT2D eigenvalue weighted by atomic mass is 9.55. The Bertz CT molecular complexity index is 1680. The summed E-state index contributed by atoms with van der Waals surface area (Å²) in [7, 11) is 0. The molecule has 7 atom stereocenters. The minimum absolute atomic E-state index is 0.00187. The molecule has 13 heteroatoms. The Balaban J connectivity index is 1.30. The van der Waals surface area contributed by atoms with Crippen molar-refractivity contribution in [2.75, 3.05) is 33.2 Å². The van der Waals surface area contributed by atoms with E-state index in [9.17, 15) is 25.2 Å². The van der Waals surface area contributed by atoms with E-state index >= 15 is 0 Å². The first-order valence-electron chi connectivity index (χ1n) is 19.8. The lowest BCUT2D eigenvalue weighted by Crippen LogP contribution is -2.69. The third kappa shape index (κ3) is 7.87. The van der Waals surface area contributed by atoms with Gasteiger partial charge in [-0.3, -0.25) is 0 Å². The Hall–Kier alpha value is -4.04.